The Kier molecular flexibility index (Phi) is 3.57. The summed E-state index contributed by atoms with van der Waals surface area (Å²) in [6.45, 7) is 0.803. The molecule has 0 amide bonds. The van der Waals surface area contributed by atoms with E-state index in [-0.39, 0.29) is 5.82 Å². The average Bonchev–Trinajstić information content (AvgIpc) is 2.67. The van der Waals surface area contributed by atoms with Crippen molar-refractivity contribution in [2.45, 2.75) is 19.3 Å². The van der Waals surface area contributed by atoms with E-state index in [1.807, 2.05) is 12.3 Å². The molecular weight excluding hydrogens is 205 g/mol. The maximum atomic E-state index is 13.0. The van der Waals surface area contributed by atoms with Crippen LogP contribution in [-0.2, 0) is 11.2 Å². The number of aryl methyl sites for hydroxylation is 1. The summed E-state index contributed by atoms with van der Waals surface area (Å²) in [4.78, 5) is 3.10. The zero-order valence-corrected chi connectivity index (χ0v) is 9.42. The molecule has 0 saturated heterocycles. The smallest absolute Gasteiger partial charge is 0.125 e. The van der Waals surface area contributed by atoms with Crippen LogP contribution < -0.4 is 0 Å². The molecule has 0 saturated carbocycles. The first kappa shape index (κ1) is 11.1. The summed E-state index contributed by atoms with van der Waals surface area (Å²) in [5.74, 6) is -0.194. The molecule has 1 N–H and O–H groups in total. The lowest BCUT2D eigenvalue weighted by atomic mass is 10.1. The van der Waals surface area contributed by atoms with Gasteiger partial charge in [0.1, 0.15) is 5.82 Å². The number of rotatable bonds is 5. The Balaban J connectivity index is 2.07. The molecule has 0 atom stereocenters. The van der Waals surface area contributed by atoms with Crippen LogP contribution in [-0.4, -0.2) is 18.7 Å². The Morgan fingerprint density at radius 3 is 3.00 bits per heavy atom. The average molecular weight is 221 g/mol. The minimum absolute atomic E-state index is 0.194. The van der Waals surface area contributed by atoms with Crippen LogP contribution in [0.1, 0.15) is 18.4 Å². The molecule has 3 heteroatoms. The van der Waals surface area contributed by atoms with Crippen molar-refractivity contribution in [1.29, 1.82) is 0 Å². The number of hydrogen-bond donors (Lipinski definition) is 1. The topological polar surface area (TPSA) is 25.0 Å². The van der Waals surface area contributed by atoms with Gasteiger partial charge in [0.25, 0.3) is 0 Å². The predicted octanol–water partition coefficient (Wildman–Crippen LogP) is 3.28. The van der Waals surface area contributed by atoms with Crippen LogP contribution in [0.4, 0.5) is 4.39 Å². The Morgan fingerprint density at radius 2 is 2.19 bits per heavy atom. The number of ether oxygens (including phenoxy) is 1. The van der Waals surface area contributed by atoms with Crippen LogP contribution in [0.2, 0.25) is 0 Å². The molecule has 2 aromatic rings. The van der Waals surface area contributed by atoms with E-state index in [0.29, 0.717) is 0 Å². The quantitative estimate of drug-likeness (QED) is 0.770. The highest BCUT2D eigenvalue weighted by Crippen LogP contribution is 2.20. The maximum Gasteiger partial charge on any atom is 0.125 e. The highest BCUT2D eigenvalue weighted by molar-refractivity contribution is 5.83. The Morgan fingerprint density at radius 1 is 1.31 bits per heavy atom. The van der Waals surface area contributed by atoms with E-state index in [4.69, 9.17) is 4.74 Å². The normalized spacial score (nSPS) is 11.1. The zero-order chi connectivity index (χ0) is 11.4. The van der Waals surface area contributed by atoms with Gasteiger partial charge >= 0.3 is 0 Å². The SMILES string of the molecule is COCCCCc1c[nH]c2cc(F)ccc12. The zero-order valence-electron chi connectivity index (χ0n) is 9.42. The first-order valence-electron chi connectivity index (χ1n) is 5.55. The third-order valence-electron chi connectivity index (χ3n) is 2.77. The van der Waals surface area contributed by atoms with Crippen molar-refractivity contribution in [2.75, 3.05) is 13.7 Å². The van der Waals surface area contributed by atoms with Crippen LogP contribution in [0.25, 0.3) is 10.9 Å². The van der Waals surface area contributed by atoms with Crippen molar-refractivity contribution < 1.29 is 9.13 Å². The van der Waals surface area contributed by atoms with Crippen LogP contribution >= 0.6 is 0 Å². The fourth-order valence-corrected chi connectivity index (χ4v) is 1.93. The molecular formula is C13H16FNO. The number of H-pyrrole nitrogens is 1. The summed E-state index contributed by atoms with van der Waals surface area (Å²) in [7, 11) is 1.72. The van der Waals surface area contributed by atoms with E-state index in [9.17, 15) is 4.39 Å². The van der Waals surface area contributed by atoms with Crippen LogP contribution in [0, 0.1) is 5.82 Å². The van der Waals surface area contributed by atoms with Crippen molar-refractivity contribution in [3.63, 3.8) is 0 Å². The lowest BCUT2D eigenvalue weighted by Gasteiger charge is -1.99. The minimum atomic E-state index is -0.194. The molecule has 0 bridgehead atoms. The summed E-state index contributed by atoms with van der Waals surface area (Å²) in [6.07, 6.45) is 5.13. The second-order valence-corrected chi connectivity index (χ2v) is 3.95. The van der Waals surface area contributed by atoms with Crippen LogP contribution in [0.15, 0.2) is 24.4 Å². The summed E-state index contributed by atoms with van der Waals surface area (Å²) in [5.41, 5.74) is 2.13. The van der Waals surface area contributed by atoms with Gasteiger partial charge in [-0.1, -0.05) is 0 Å². The molecule has 2 nitrogen and oxygen atoms in total. The van der Waals surface area contributed by atoms with Crippen molar-refractivity contribution in [2.24, 2.45) is 0 Å². The number of halogens is 1. The molecule has 2 rings (SSSR count). The van der Waals surface area contributed by atoms with Crippen LogP contribution in [0.3, 0.4) is 0 Å². The second-order valence-electron chi connectivity index (χ2n) is 3.95. The van der Waals surface area contributed by atoms with Gasteiger partial charge in [-0.2, -0.15) is 0 Å². The van der Waals surface area contributed by atoms with E-state index >= 15 is 0 Å². The number of hydrogen-bond acceptors (Lipinski definition) is 1. The van der Waals surface area contributed by atoms with Crippen molar-refractivity contribution >= 4 is 10.9 Å². The van der Waals surface area contributed by atoms with Crippen molar-refractivity contribution in [3.8, 4) is 0 Å². The van der Waals surface area contributed by atoms with E-state index in [1.54, 1.807) is 7.11 Å². The first-order chi connectivity index (χ1) is 7.81. The van der Waals surface area contributed by atoms with Gasteiger partial charge in [0.2, 0.25) is 0 Å². The molecule has 0 aliphatic carbocycles. The predicted molar refractivity (Wildman–Crippen MR) is 63.1 cm³/mol. The third kappa shape index (κ3) is 2.42. The highest BCUT2D eigenvalue weighted by atomic mass is 19.1. The van der Waals surface area contributed by atoms with Gasteiger partial charge in [-0.3, -0.25) is 0 Å². The molecule has 1 heterocycles. The van der Waals surface area contributed by atoms with E-state index < -0.39 is 0 Å². The maximum absolute atomic E-state index is 13.0. The lowest BCUT2D eigenvalue weighted by molar-refractivity contribution is 0.193. The summed E-state index contributed by atoms with van der Waals surface area (Å²) >= 11 is 0. The molecule has 86 valence electrons. The fraction of sp³-hybridized carbons (Fsp3) is 0.385. The molecule has 0 spiro atoms. The van der Waals surface area contributed by atoms with E-state index in [1.165, 1.54) is 17.7 Å². The van der Waals surface area contributed by atoms with E-state index in [0.717, 1.165) is 36.8 Å². The van der Waals surface area contributed by atoms with Crippen LogP contribution in [0.5, 0.6) is 0 Å². The molecule has 0 aliphatic heterocycles. The number of unbranched alkanes of at least 4 members (excludes halogenated alkanes) is 1. The summed E-state index contributed by atoms with van der Waals surface area (Å²) in [6, 6.07) is 4.88. The Hall–Kier alpha value is -1.35. The van der Waals surface area contributed by atoms with Gasteiger partial charge in [-0.05, 0) is 43.0 Å². The molecule has 1 aromatic carbocycles. The standard InChI is InChI=1S/C13H16FNO/c1-16-7-3-2-4-10-9-15-13-8-11(14)5-6-12(10)13/h5-6,8-9,15H,2-4,7H2,1H3. The second kappa shape index (κ2) is 5.12. The Labute approximate surface area is 94.4 Å². The number of methoxy groups -OCH3 is 1. The van der Waals surface area contributed by atoms with Crippen molar-refractivity contribution in [1.82, 2.24) is 4.98 Å². The highest BCUT2D eigenvalue weighted by Gasteiger charge is 2.03. The number of fused-ring (bicyclic) bond motifs is 1. The summed E-state index contributed by atoms with van der Waals surface area (Å²) in [5, 5.41) is 1.12. The monoisotopic (exact) mass is 221 g/mol. The van der Waals surface area contributed by atoms with Gasteiger partial charge in [-0.25, -0.2) is 4.39 Å². The number of benzene rings is 1. The van der Waals surface area contributed by atoms with E-state index in [2.05, 4.69) is 4.98 Å². The molecule has 0 unspecified atom stereocenters. The Bertz CT molecular complexity index is 464. The molecule has 16 heavy (non-hydrogen) atoms. The molecule has 0 aliphatic rings. The summed E-state index contributed by atoms with van der Waals surface area (Å²) < 4.78 is 18.0. The van der Waals surface area contributed by atoms with Gasteiger partial charge in [-0.15, -0.1) is 0 Å². The van der Waals surface area contributed by atoms with Gasteiger partial charge < -0.3 is 9.72 Å². The number of aromatic amines is 1. The third-order valence-corrected chi connectivity index (χ3v) is 2.77. The van der Waals surface area contributed by atoms with Gasteiger partial charge in [0, 0.05) is 30.8 Å². The largest absolute Gasteiger partial charge is 0.385 e. The van der Waals surface area contributed by atoms with Gasteiger partial charge in [0.15, 0.2) is 0 Å². The minimum Gasteiger partial charge on any atom is -0.385 e. The molecule has 0 radical (unpaired) electrons. The number of nitrogens with one attached hydrogen (secondary N) is 1. The number of aromatic nitrogens is 1. The van der Waals surface area contributed by atoms with Crippen molar-refractivity contribution in [3.05, 3.63) is 35.8 Å². The lowest BCUT2D eigenvalue weighted by Crippen LogP contribution is -1.90. The van der Waals surface area contributed by atoms with Gasteiger partial charge in [0.05, 0.1) is 0 Å². The first-order valence-corrected chi connectivity index (χ1v) is 5.55. The fourth-order valence-electron chi connectivity index (χ4n) is 1.93. The molecule has 1 aromatic heterocycles. The molecule has 0 fully saturated rings.